The number of halogens is 1. The molecule has 18 heavy (non-hydrogen) atoms. The predicted molar refractivity (Wildman–Crippen MR) is 71.0 cm³/mol. The quantitative estimate of drug-likeness (QED) is 0.851. The first-order valence-corrected chi connectivity index (χ1v) is 6.32. The van der Waals surface area contributed by atoms with Crippen LogP contribution in [0.2, 0.25) is 5.02 Å². The van der Waals surface area contributed by atoms with Crippen molar-refractivity contribution in [3.8, 4) is 0 Å². The Morgan fingerprint density at radius 3 is 2.89 bits per heavy atom. The zero-order chi connectivity index (χ0) is 13.1. The summed E-state index contributed by atoms with van der Waals surface area (Å²) in [6, 6.07) is 4.69. The second kappa shape index (κ2) is 5.40. The Hall–Kier alpha value is -1.55. The van der Waals surface area contributed by atoms with Crippen LogP contribution in [0.25, 0.3) is 0 Å². The molecule has 1 unspecified atom stereocenters. The van der Waals surface area contributed by atoms with Crippen LogP contribution in [0.1, 0.15) is 29.6 Å². The fourth-order valence-corrected chi connectivity index (χ4v) is 2.55. The van der Waals surface area contributed by atoms with Crippen LogP contribution in [0.5, 0.6) is 0 Å². The number of hydrogen-bond donors (Lipinski definition) is 1. The number of benzene rings is 1. The molecule has 1 atom stereocenters. The van der Waals surface area contributed by atoms with Crippen molar-refractivity contribution < 1.29 is 9.59 Å². The number of nitrogens with zero attached hydrogens (tertiary/aromatic N) is 1. The van der Waals surface area contributed by atoms with Crippen LogP contribution in [0, 0.1) is 0 Å². The van der Waals surface area contributed by atoms with Crippen molar-refractivity contribution in [2.75, 3.05) is 11.4 Å². The van der Waals surface area contributed by atoms with Crippen molar-refractivity contribution in [3.05, 3.63) is 28.8 Å². The molecule has 1 aliphatic heterocycles. The van der Waals surface area contributed by atoms with Gasteiger partial charge in [-0.1, -0.05) is 11.6 Å². The van der Waals surface area contributed by atoms with Crippen LogP contribution in [0.4, 0.5) is 5.69 Å². The van der Waals surface area contributed by atoms with E-state index >= 15 is 0 Å². The van der Waals surface area contributed by atoms with Crippen molar-refractivity contribution in [3.63, 3.8) is 0 Å². The Labute approximate surface area is 111 Å². The van der Waals surface area contributed by atoms with Gasteiger partial charge < -0.3 is 10.6 Å². The van der Waals surface area contributed by atoms with Gasteiger partial charge in [0.1, 0.15) is 6.04 Å². The lowest BCUT2D eigenvalue weighted by Gasteiger charge is -2.36. The van der Waals surface area contributed by atoms with Gasteiger partial charge >= 0.3 is 0 Å². The summed E-state index contributed by atoms with van der Waals surface area (Å²) in [4.78, 5) is 24.4. The Bertz CT molecular complexity index is 476. The van der Waals surface area contributed by atoms with E-state index in [9.17, 15) is 9.59 Å². The van der Waals surface area contributed by atoms with Crippen molar-refractivity contribution in [2.24, 2.45) is 5.73 Å². The first kappa shape index (κ1) is 12.9. The summed E-state index contributed by atoms with van der Waals surface area (Å²) in [6.45, 7) is 0.717. The van der Waals surface area contributed by atoms with E-state index in [1.54, 1.807) is 18.2 Å². The molecule has 1 fully saturated rings. The van der Waals surface area contributed by atoms with Gasteiger partial charge in [-0.05, 0) is 37.5 Å². The third-order valence-electron chi connectivity index (χ3n) is 3.26. The molecule has 0 radical (unpaired) electrons. The average molecular weight is 267 g/mol. The number of primary amides is 1. The van der Waals surface area contributed by atoms with Crippen LogP contribution in [0.15, 0.2) is 18.2 Å². The summed E-state index contributed by atoms with van der Waals surface area (Å²) in [5.41, 5.74) is 6.65. The summed E-state index contributed by atoms with van der Waals surface area (Å²) in [7, 11) is 0. The molecule has 1 aromatic carbocycles. The molecule has 1 aromatic rings. The number of carbonyl (C=O) groups excluding carboxylic acids is 2. The highest BCUT2D eigenvalue weighted by molar-refractivity contribution is 6.31. The minimum Gasteiger partial charge on any atom is -0.368 e. The average Bonchev–Trinajstić information content (AvgIpc) is 2.38. The highest BCUT2D eigenvalue weighted by Crippen LogP contribution is 2.29. The molecule has 1 amide bonds. The Kier molecular flexibility index (Phi) is 3.87. The number of amides is 1. The molecule has 0 spiro atoms. The molecule has 1 aliphatic rings. The van der Waals surface area contributed by atoms with Gasteiger partial charge in [0.05, 0.1) is 0 Å². The molecule has 5 heteroatoms. The molecular formula is C13H15ClN2O2. The van der Waals surface area contributed by atoms with Crippen LogP contribution >= 0.6 is 11.6 Å². The molecule has 1 saturated heterocycles. The van der Waals surface area contributed by atoms with Gasteiger partial charge in [-0.3, -0.25) is 9.59 Å². The standard InChI is InChI=1S/C13H15ClN2O2/c14-10-5-4-9(8-17)12(7-10)16-6-2-1-3-11(16)13(15)18/h4-5,7-8,11H,1-3,6H2,(H2,15,18). The van der Waals surface area contributed by atoms with E-state index < -0.39 is 0 Å². The maximum atomic E-state index is 11.5. The van der Waals surface area contributed by atoms with Gasteiger partial charge in [0, 0.05) is 22.8 Å². The molecule has 2 N–H and O–H groups in total. The number of hydrogen-bond acceptors (Lipinski definition) is 3. The van der Waals surface area contributed by atoms with Crippen LogP contribution in [-0.2, 0) is 4.79 Å². The summed E-state index contributed by atoms with van der Waals surface area (Å²) >= 11 is 5.96. The topological polar surface area (TPSA) is 63.4 Å². The first-order valence-electron chi connectivity index (χ1n) is 5.94. The summed E-state index contributed by atoms with van der Waals surface area (Å²) in [6.07, 6.45) is 3.45. The number of carbonyl (C=O) groups is 2. The molecule has 1 heterocycles. The lowest BCUT2D eigenvalue weighted by molar-refractivity contribution is -0.119. The van der Waals surface area contributed by atoms with Crippen molar-refractivity contribution in [1.29, 1.82) is 0 Å². The van der Waals surface area contributed by atoms with E-state index in [-0.39, 0.29) is 11.9 Å². The van der Waals surface area contributed by atoms with Crippen molar-refractivity contribution in [2.45, 2.75) is 25.3 Å². The fraction of sp³-hybridized carbons (Fsp3) is 0.385. The zero-order valence-corrected chi connectivity index (χ0v) is 10.7. The lowest BCUT2D eigenvalue weighted by Crippen LogP contribution is -2.48. The largest absolute Gasteiger partial charge is 0.368 e. The Balaban J connectivity index is 2.41. The molecular weight excluding hydrogens is 252 g/mol. The Morgan fingerprint density at radius 2 is 2.22 bits per heavy atom. The maximum Gasteiger partial charge on any atom is 0.240 e. The van der Waals surface area contributed by atoms with Gasteiger partial charge in [0.15, 0.2) is 6.29 Å². The minimum absolute atomic E-state index is 0.351. The van der Waals surface area contributed by atoms with E-state index in [4.69, 9.17) is 17.3 Å². The van der Waals surface area contributed by atoms with E-state index in [0.717, 1.165) is 32.1 Å². The Morgan fingerprint density at radius 1 is 1.44 bits per heavy atom. The number of rotatable bonds is 3. The summed E-state index contributed by atoms with van der Waals surface area (Å²) in [5, 5.41) is 0.546. The normalized spacial score (nSPS) is 19.6. The molecule has 2 rings (SSSR count). The van der Waals surface area contributed by atoms with E-state index in [0.29, 0.717) is 16.3 Å². The third kappa shape index (κ3) is 2.48. The van der Waals surface area contributed by atoms with E-state index in [2.05, 4.69) is 0 Å². The molecule has 0 saturated carbocycles. The van der Waals surface area contributed by atoms with Gasteiger partial charge in [0.25, 0.3) is 0 Å². The minimum atomic E-state index is -0.355. The van der Waals surface area contributed by atoms with E-state index in [1.807, 2.05) is 4.90 Å². The maximum absolute atomic E-state index is 11.5. The SMILES string of the molecule is NC(=O)C1CCCCN1c1cc(Cl)ccc1C=O. The molecule has 96 valence electrons. The van der Waals surface area contributed by atoms with Crippen LogP contribution in [0.3, 0.4) is 0 Å². The van der Waals surface area contributed by atoms with E-state index in [1.165, 1.54) is 0 Å². The van der Waals surface area contributed by atoms with Gasteiger partial charge in [-0.25, -0.2) is 0 Å². The first-order chi connectivity index (χ1) is 8.63. The monoisotopic (exact) mass is 266 g/mol. The molecule has 0 aliphatic carbocycles. The third-order valence-corrected chi connectivity index (χ3v) is 3.50. The second-order valence-electron chi connectivity index (χ2n) is 4.43. The second-order valence-corrected chi connectivity index (χ2v) is 4.86. The molecule has 0 aromatic heterocycles. The summed E-state index contributed by atoms with van der Waals surface area (Å²) in [5.74, 6) is -0.355. The van der Waals surface area contributed by atoms with Gasteiger partial charge in [-0.15, -0.1) is 0 Å². The molecule has 0 bridgehead atoms. The fourth-order valence-electron chi connectivity index (χ4n) is 2.38. The number of anilines is 1. The number of aldehydes is 1. The summed E-state index contributed by atoms with van der Waals surface area (Å²) < 4.78 is 0. The number of nitrogens with two attached hydrogens (primary N) is 1. The van der Waals surface area contributed by atoms with Gasteiger partial charge in [0.2, 0.25) is 5.91 Å². The molecule has 4 nitrogen and oxygen atoms in total. The smallest absolute Gasteiger partial charge is 0.240 e. The lowest BCUT2D eigenvalue weighted by atomic mass is 9.99. The highest BCUT2D eigenvalue weighted by atomic mass is 35.5. The zero-order valence-electron chi connectivity index (χ0n) is 9.93. The van der Waals surface area contributed by atoms with Crippen LogP contribution in [-0.4, -0.2) is 24.8 Å². The predicted octanol–water partition coefficient (Wildman–Crippen LogP) is 2.00. The highest BCUT2D eigenvalue weighted by Gasteiger charge is 2.28. The van der Waals surface area contributed by atoms with Gasteiger partial charge in [-0.2, -0.15) is 0 Å². The number of piperidine rings is 1. The van der Waals surface area contributed by atoms with Crippen LogP contribution < -0.4 is 10.6 Å². The van der Waals surface area contributed by atoms with Crippen molar-refractivity contribution >= 4 is 29.5 Å². The van der Waals surface area contributed by atoms with Crippen molar-refractivity contribution in [1.82, 2.24) is 0 Å².